The Bertz CT molecular complexity index is 983. The quantitative estimate of drug-likeness (QED) is 0.794. The molecule has 2 atom stereocenters. The van der Waals surface area contributed by atoms with Crippen LogP contribution < -0.4 is 0 Å². The van der Waals surface area contributed by atoms with Gasteiger partial charge in [-0.3, -0.25) is 4.79 Å². The van der Waals surface area contributed by atoms with E-state index in [0.29, 0.717) is 11.5 Å². The van der Waals surface area contributed by atoms with Gasteiger partial charge in [-0.1, -0.05) is 30.3 Å². The Labute approximate surface area is 161 Å². The third-order valence-electron chi connectivity index (χ3n) is 5.63. The zero-order valence-corrected chi connectivity index (χ0v) is 17.2. The second-order valence-electron chi connectivity index (χ2n) is 7.43. The average Bonchev–Trinajstić information content (AvgIpc) is 2.61. The summed E-state index contributed by atoms with van der Waals surface area (Å²) in [6.07, 6.45) is 0.961. The number of carbonyl (C=O) groups is 1. The van der Waals surface area contributed by atoms with Crippen molar-refractivity contribution in [2.24, 2.45) is 0 Å². The fraction of sp³-hybridized carbons (Fsp3) is 0.381. The molecule has 0 fully saturated rings. The van der Waals surface area contributed by atoms with Gasteiger partial charge in [-0.05, 0) is 49.1 Å². The normalized spacial score (nSPS) is 17.2. The van der Waals surface area contributed by atoms with E-state index in [1.807, 2.05) is 26.0 Å². The molecule has 0 aromatic heterocycles. The van der Waals surface area contributed by atoms with E-state index in [1.165, 1.54) is 31.3 Å². The highest BCUT2D eigenvalue weighted by molar-refractivity contribution is 7.89. The van der Waals surface area contributed by atoms with Crippen LogP contribution in [-0.4, -0.2) is 50.7 Å². The van der Waals surface area contributed by atoms with Gasteiger partial charge >= 0.3 is 0 Å². The van der Waals surface area contributed by atoms with Crippen LogP contribution in [0.2, 0.25) is 0 Å². The Morgan fingerprint density at radius 2 is 1.78 bits per heavy atom. The molecule has 27 heavy (non-hydrogen) atoms. The largest absolute Gasteiger partial charge is 0.338 e. The van der Waals surface area contributed by atoms with Crippen molar-refractivity contribution < 1.29 is 13.2 Å². The lowest BCUT2D eigenvalue weighted by molar-refractivity contribution is 0.0714. The summed E-state index contributed by atoms with van der Waals surface area (Å²) in [5.41, 5.74) is 3.83. The lowest BCUT2D eigenvalue weighted by Crippen LogP contribution is -2.42. The van der Waals surface area contributed by atoms with Gasteiger partial charge < -0.3 is 4.90 Å². The summed E-state index contributed by atoms with van der Waals surface area (Å²) in [5.74, 6) is 0.157. The Morgan fingerprint density at radius 1 is 1.11 bits per heavy atom. The van der Waals surface area contributed by atoms with E-state index < -0.39 is 10.0 Å². The van der Waals surface area contributed by atoms with Crippen LogP contribution in [0.1, 0.15) is 39.9 Å². The molecule has 144 valence electrons. The number of hydrogen-bond acceptors (Lipinski definition) is 3. The van der Waals surface area contributed by atoms with Gasteiger partial charge in [-0.25, -0.2) is 12.7 Å². The van der Waals surface area contributed by atoms with Gasteiger partial charge in [0, 0.05) is 38.7 Å². The molecular formula is C21H26N2O3S. The lowest BCUT2D eigenvalue weighted by Gasteiger charge is -2.39. The summed E-state index contributed by atoms with van der Waals surface area (Å²) in [4.78, 5) is 15.0. The molecule has 1 aliphatic carbocycles. The fourth-order valence-electron chi connectivity index (χ4n) is 3.58. The third kappa shape index (κ3) is 3.39. The van der Waals surface area contributed by atoms with E-state index in [4.69, 9.17) is 0 Å². The maximum absolute atomic E-state index is 13.1. The Kier molecular flexibility index (Phi) is 5.14. The van der Waals surface area contributed by atoms with E-state index in [0.717, 1.165) is 16.3 Å². The molecule has 0 bridgehead atoms. The first-order valence-corrected chi connectivity index (χ1v) is 10.5. The van der Waals surface area contributed by atoms with Crippen LogP contribution in [0.4, 0.5) is 0 Å². The summed E-state index contributed by atoms with van der Waals surface area (Å²) in [6, 6.07) is 13.1. The molecule has 0 saturated heterocycles. The van der Waals surface area contributed by atoms with Crippen LogP contribution in [-0.2, 0) is 16.4 Å². The van der Waals surface area contributed by atoms with Crippen molar-refractivity contribution >= 4 is 15.9 Å². The summed E-state index contributed by atoms with van der Waals surface area (Å²) in [7, 11) is 1.18. The van der Waals surface area contributed by atoms with Crippen LogP contribution in [0.5, 0.6) is 0 Å². The molecule has 2 aromatic carbocycles. The molecule has 3 rings (SSSR count). The first-order valence-electron chi connectivity index (χ1n) is 9.02. The van der Waals surface area contributed by atoms with Gasteiger partial charge in [0.1, 0.15) is 0 Å². The molecule has 6 heteroatoms. The number of aryl methyl sites for hydroxylation is 1. The number of benzene rings is 2. The van der Waals surface area contributed by atoms with Crippen molar-refractivity contribution in [3.8, 4) is 0 Å². The number of likely N-dealkylation sites (N-methyl/N-ethyl adjacent to an activating group) is 1. The Morgan fingerprint density at radius 3 is 2.41 bits per heavy atom. The van der Waals surface area contributed by atoms with Crippen molar-refractivity contribution in [3.05, 3.63) is 64.7 Å². The maximum atomic E-state index is 13.1. The SMILES string of the molecule is Cc1ccc(S(=O)(=O)N(C)C)cc1C(=O)N(C)C(C)C1Cc2ccccc21. The topological polar surface area (TPSA) is 57.7 Å². The number of amides is 1. The van der Waals surface area contributed by atoms with Crippen molar-refractivity contribution in [2.45, 2.75) is 37.1 Å². The van der Waals surface area contributed by atoms with Crippen LogP contribution in [0.3, 0.4) is 0 Å². The number of rotatable bonds is 5. The molecule has 5 nitrogen and oxygen atoms in total. The van der Waals surface area contributed by atoms with Crippen LogP contribution in [0.15, 0.2) is 47.4 Å². The van der Waals surface area contributed by atoms with E-state index in [9.17, 15) is 13.2 Å². The highest BCUT2D eigenvalue weighted by atomic mass is 32.2. The van der Waals surface area contributed by atoms with E-state index in [1.54, 1.807) is 24.1 Å². The highest BCUT2D eigenvalue weighted by Crippen LogP contribution is 2.39. The van der Waals surface area contributed by atoms with Gasteiger partial charge in [-0.2, -0.15) is 0 Å². The number of sulfonamides is 1. The van der Waals surface area contributed by atoms with Gasteiger partial charge in [0.2, 0.25) is 10.0 Å². The molecule has 0 radical (unpaired) electrons. The molecule has 0 aliphatic heterocycles. The van der Waals surface area contributed by atoms with Gasteiger partial charge in [0.25, 0.3) is 5.91 Å². The van der Waals surface area contributed by atoms with Crippen LogP contribution in [0, 0.1) is 6.92 Å². The standard InChI is InChI=1S/C21H26N2O3S/c1-14-10-11-17(27(25,26)22(3)4)13-19(14)21(24)23(5)15(2)20-12-16-8-6-7-9-18(16)20/h6-11,13,15,20H,12H2,1-5H3. The minimum absolute atomic E-state index is 0.0286. The lowest BCUT2D eigenvalue weighted by atomic mass is 9.73. The summed E-state index contributed by atoms with van der Waals surface area (Å²) in [6.45, 7) is 3.88. The molecule has 0 heterocycles. The van der Waals surface area contributed by atoms with Gasteiger partial charge in [0.15, 0.2) is 0 Å². The van der Waals surface area contributed by atoms with E-state index in [-0.39, 0.29) is 16.8 Å². The minimum atomic E-state index is -3.58. The van der Waals surface area contributed by atoms with Gasteiger partial charge in [0.05, 0.1) is 4.90 Å². The zero-order valence-electron chi connectivity index (χ0n) is 16.4. The number of fused-ring (bicyclic) bond motifs is 1. The van der Waals surface area contributed by atoms with E-state index in [2.05, 4.69) is 12.1 Å². The summed E-state index contributed by atoms with van der Waals surface area (Å²) >= 11 is 0. The molecule has 2 aromatic rings. The molecular weight excluding hydrogens is 360 g/mol. The Balaban J connectivity index is 1.87. The second-order valence-corrected chi connectivity index (χ2v) is 9.58. The summed E-state index contributed by atoms with van der Waals surface area (Å²) < 4.78 is 26.0. The van der Waals surface area contributed by atoms with Crippen LogP contribution >= 0.6 is 0 Å². The third-order valence-corrected chi connectivity index (χ3v) is 7.44. The summed E-state index contributed by atoms with van der Waals surface area (Å²) in [5, 5.41) is 0. The highest BCUT2D eigenvalue weighted by Gasteiger charge is 2.34. The predicted molar refractivity (Wildman–Crippen MR) is 106 cm³/mol. The zero-order chi connectivity index (χ0) is 19.9. The van der Waals surface area contributed by atoms with Crippen LogP contribution in [0.25, 0.3) is 0 Å². The predicted octanol–water partition coefficient (Wildman–Crippen LogP) is 3.05. The minimum Gasteiger partial charge on any atom is -0.338 e. The molecule has 2 unspecified atom stereocenters. The molecule has 0 saturated carbocycles. The monoisotopic (exact) mass is 386 g/mol. The fourth-order valence-corrected chi connectivity index (χ4v) is 4.50. The molecule has 0 spiro atoms. The molecule has 1 amide bonds. The smallest absolute Gasteiger partial charge is 0.254 e. The molecule has 0 N–H and O–H groups in total. The number of nitrogens with zero attached hydrogens (tertiary/aromatic N) is 2. The number of carbonyl (C=O) groups excluding carboxylic acids is 1. The Hall–Kier alpha value is -2.18. The average molecular weight is 387 g/mol. The maximum Gasteiger partial charge on any atom is 0.254 e. The van der Waals surface area contributed by atoms with Crippen molar-refractivity contribution in [3.63, 3.8) is 0 Å². The first kappa shape index (κ1) is 19.6. The molecule has 1 aliphatic rings. The number of hydrogen-bond donors (Lipinski definition) is 0. The van der Waals surface area contributed by atoms with Crippen molar-refractivity contribution in [2.75, 3.05) is 21.1 Å². The van der Waals surface area contributed by atoms with Gasteiger partial charge in [-0.15, -0.1) is 0 Å². The van der Waals surface area contributed by atoms with E-state index >= 15 is 0 Å². The van der Waals surface area contributed by atoms with Crippen molar-refractivity contribution in [1.82, 2.24) is 9.21 Å². The first-order chi connectivity index (χ1) is 12.6. The van der Waals surface area contributed by atoms with Crippen molar-refractivity contribution in [1.29, 1.82) is 0 Å². The second kappa shape index (κ2) is 7.09.